The second kappa shape index (κ2) is 7.05. The summed E-state index contributed by atoms with van der Waals surface area (Å²) in [4.78, 5) is 42.3. The van der Waals surface area contributed by atoms with E-state index < -0.39 is 23.3 Å². The Bertz CT molecular complexity index is 1180. The molecule has 2 aromatic carbocycles. The number of hydrogen-bond donors (Lipinski definition) is 2. The quantitative estimate of drug-likeness (QED) is 0.696. The molecule has 2 saturated heterocycles. The molecular formula is C24H24ClN3O4. The van der Waals surface area contributed by atoms with Crippen LogP contribution in [-0.2, 0) is 19.9 Å². The molecule has 0 aliphatic carbocycles. The van der Waals surface area contributed by atoms with Crippen molar-refractivity contribution in [1.29, 1.82) is 0 Å². The topological polar surface area (TPSA) is 87.7 Å². The second-order valence-electron chi connectivity index (χ2n) is 9.01. The number of nitrogens with zero attached hydrogens (tertiary/aromatic N) is 1. The first-order chi connectivity index (χ1) is 15.2. The highest BCUT2D eigenvalue weighted by molar-refractivity contribution is 6.32. The second-order valence-corrected chi connectivity index (χ2v) is 9.42. The smallest absolute Gasteiger partial charge is 0.250 e. The van der Waals surface area contributed by atoms with Crippen LogP contribution in [0.3, 0.4) is 0 Å². The number of para-hydroxylation sites is 1. The molecule has 1 spiro atoms. The number of carbonyl (C=O) groups is 3. The summed E-state index contributed by atoms with van der Waals surface area (Å²) in [5.41, 5.74) is 1.13. The summed E-state index contributed by atoms with van der Waals surface area (Å²) < 4.78 is 5.46. The maximum atomic E-state index is 13.9. The van der Waals surface area contributed by atoms with Crippen molar-refractivity contribution in [3.63, 3.8) is 0 Å². The first-order valence-electron chi connectivity index (χ1n) is 10.6. The molecule has 3 heterocycles. The summed E-state index contributed by atoms with van der Waals surface area (Å²) in [6, 6.07) is 10.3. The van der Waals surface area contributed by atoms with Crippen LogP contribution in [0.4, 0.5) is 11.4 Å². The van der Waals surface area contributed by atoms with Gasteiger partial charge in [-0.15, -0.1) is 0 Å². The van der Waals surface area contributed by atoms with Crippen LogP contribution in [-0.4, -0.2) is 30.9 Å². The van der Waals surface area contributed by atoms with E-state index in [1.165, 1.54) is 12.0 Å². The molecule has 2 fully saturated rings. The normalized spacial score (nSPS) is 28.5. The van der Waals surface area contributed by atoms with Gasteiger partial charge in [-0.2, -0.15) is 0 Å². The predicted molar refractivity (Wildman–Crippen MR) is 121 cm³/mol. The standard InChI is InChI=1S/C24H24ClN3O4/c1-11(2)20-18-19(24(27-20)13-7-5-6-8-15(13)26-23(24)31)22(30)28(21(18)29)16-9-12(3)14(25)10-17(16)32-4/h5-11,18-20,27H,1-4H3,(H,26,31). The molecule has 166 valence electrons. The minimum atomic E-state index is -1.30. The number of hydrogen-bond acceptors (Lipinski definition) is 5. The number of carbonyl (C=O) groups excluding carboxylic acids is 3. The fraction of sp³-hybridized carbons (Fsp3) is 0.375. The number of imide groups is 1. The van der Waals surface area contributed by atoms with Crippen molar-refractivity contribution >= 4 is 40.7 Å². The minimum absolute atomic E-state index is 0.0213. The van der Waals surface area contributed by atoms with Gasteiger partial charge in [0.25, 0.3) is 0 Å². The molecule has 5 rings (SSSR count). The highest BCUT2D eigenvalue weighted by Crippen LogP contribution is 2.55. The number of benzene rings is 2. The molecule has 2 N–H and O–H groups in total. The van der Waals surface area contributed by atoms with E-state index in [1.807, 2.05) is 38.1 Å². The molecule has 4 atom stereocenters. The van der Waals surface area contributed by atoms with Gasteiger partial charge in [-0.3, -0.25) is 19.7 Å². The van der Waals surface area contributed by atoms with Gasteiger partial charge in [0.1, 0.15) is 11.3 Å². The van der Waals surface area contributed by atoms with E-state index in [0.717, 1.165) is 5.56 Å². The monoisotopic (exact) mass is 453 g/mol. The minimum Gasteiger partial charge on any atom is -0.495 e. The third kappa shape index (κ3) is 2.55. The van der Waals surface area contributed by atoms with Crippen LogP contribution in [0, 0.1) is 24.7 Å². The number of ether oxygens (including phenoxy) is 1. The maximum absolute atomic E-state index is 13.9. The zero-order chi connectivity index (χ0) is 22.9. The van der Waals surface area contributed by atoms with Crippen LogP contribution < -0.4 is 20.3 Å². The summed E-state index contributed by atoms with van der Waals surface area (Å²) in [5, 5.41) is 6.81. The summed E-state index contributed by atoms with van der Waals surface area (Å²) in [6.07, 6.45) is 0. The van der Waals surface area contributed by atoms with Gasteiger partial charge in [-0.25, -0.2) is 4.90 Å². The number of nitrogens with one attached hydrogen (secondary N) is 2. The molecular weight excluding hydrogens is 430 g/mol. The van der Waals surface area contributed by atoms with Crippen LogP contribution >= 0.6 is 11.6 Å². The fourth-order valence-corrected chi connectivity index (χ4v) is 5.64. The molecule has 4 unspecified atom stereocenters. The van der Waals surface area contributed by atoms with Crippen molar-refractivity contribution in [3.05, 3.63) is 52.5 Å². The average molecular weight is 454 g/mol. The van der Waals surface area contributed by atoms with Crippen molar-refractivity contribution in [3.8, 4) is 5.75 Å². The SMILES string of the molecule is COc1cc(Cl)c(C)cc1N1C(=O)C2C(C(C)C)NC3(C(=O)Nc4ccccc43)C2C1=O. The highest BCUT2D eigenvalue weighted by atomic mass is 35.5. The Kier molecular flexibility index (Phi) is 4.62. The van der Waals surface area contributed by atoms with Crippen molar-refractivity contribution in [2.75, 3.05) is 17.3 Å². The number of rotatable bonds is 3. The summed E-state index contributed by atoms with van der Waals surface area (Å²) >= 11 is 6.25. The predicted octanol–water partition coefficient (Wildman–Crippen LogP) is 3.24. The highest BCUT2D eigenvalue weighted by Gasteiger charge is 2.71. The van der Waals surface area contributed by atoms with E-state index >= 15 is 0 Å². The van der Waals surface area contributed by atoms with Crippen LogP contribution in [0.1, 0.15) is 25.0 Å². The fourth-order valence-electron chi connectivity index (χ4n) is 5.49. The first-order valence-corrected chi connectivity index (χ1v) is 11.0. The van der Waals surface area contributed by atoms with E-state index in [9.17, 15) is 14.4 Å². The maximum Gasteiger partial charge on any atom is 0.250 e. The van der Waals surface area contributed by atoms with Crippen molar-refractivity contribution in [1.82, 2.24) is 5.32 Å². The van der Waals surface area contributed by atoms with Gasteiger partial charge in [0.15, 0.2) is 0 Å². The van der Waals surface area contributed by atoms with E-state index in [-0.39, 0.29) is 23.8 Å². The molecule has 0 radical (unpaired) electrons. The van der Waals surface area contributed by atoms with Gasteiger partial charge in [-0.1, -0.05) is 43.6 Å². The van der Waals surface area contributed by atoms with E-state index in [2.05, 4.69) is 10.6 Å². The molecule has 7 nitrogen and oxygen atoms in total. The molecule has 0 aromatic heterocycles. The van der Waals surface area contributed by atoms with Gasteiger partial charge < -0.3 is 10.1 Å². The number of amides is 3. The third-order valence-corrected chi connectivity index (χ3v) is 7.38. The van der Waals surface area contributed by atoms with Gasteiger partial charge >= 0.3 is 0 Å². The number of fused-ring (bicyclic) bond motifs is 4. The van der Waals surface area contributed by atoms with Crippen molar-refractivity contribution in [2.45, 2.75) is 32.4 Å². The molecule has 32 heavy (non-hydrogen) atoms. The zero-order valence-corrected chi connectivity index (χ0v) is 19.0. The third-order valence-electron chi connectivity index (χ3n) is 6.98. The molecule has 3 amide bonds. The number of aryl methyl sites for hydroxylation is 1. The van der Waals surface area contributed by atoms with E-state index in [0.29, 0.717) is 27.7 Å². The van der Waals surface area contributed by atoms with Gasteiger partial charge in [0, 0.05) is 28.4 Å². The Balaban J connectivity index is 1.70. The molecule has 3 aliphatic rings. The summed E-state index contributed by atoms with van der Waals surface area (Å²) in [6.45, 7) is 5.78. The summed E-state index contributed by atoms with van der Waals surface area (Å²) in [7, 11) is 1.47. The van der Waals surface area contributed by atoms with Crippen LogP contribution in [0.15, 0.2) is 36.4 Å². The Hall–Kier alpha value is -2.90. The largest absolute Gasteiger partial charge is 0.495 e. The molecule has 0 saturated carbocycles. The van der Waals surface area contributed by atoms with Crippen LogP contribution in [0.2, 0.25) is 5.02 Å². The molecule has 3 aliphatic heterocycles. The van der Waals surface area contributed by atoms with Crippen LogP contribution in [0.5, 0.6) is 5.75 Å². The van der Waals surface area contributed by atoms with E-state index in [1.54, 1.807) is 19.1 Å². The number of methoxy groups -OCH3 is 1. The van der Waals surface area contributed by atoms with Crippen LogP contribution in [0.25, 0.3) is 0 Å². The Morgan fingerprint density at radius 2 is 1.84 bits per heavy atom. The molecule has 8 heteroatoms. The van der Waals surface area contributed by atoms with Gasteiger partial charge in [0.05, 0.1) is 24.6 Å². The number of halogens is 1. The van der Waals surface area contributed by atoms with Crippen molar-refractivity contribution < 1.29 is 19.1 Å². The lowest BCUT2D eigenvalue weighted by molar-refractivity contribution is -0.130. The lowest BCUT2D eigenvalue weighted by Gasteiger charge is -2.30. The Morgan fingerprint density at radius 1 is 1.12 bits per heavy atom. The van der Waals surface area contributed by atoms with Crippen molar-refractivity contribution in [2.24, 2.45) is 17.8 Å². The molecule has 0 bridgehead atoms. The van der Waals surface area contributed by atoms with Gasteiger partial charge in [0.2, 0.25) is 17.7 Å². The zero-order valence-electron chi connectivity index (χ0n) is 18.2. The van der Waals surface area contributed by atoms with E-state index in [4.69, 9.17) is 16.3 Å². The average Bonchev–Trinajstić information content (AvgIpc) is 3.35. The molecule has 2 aromatic rings. The van der Waals surface area contributed by atoms with Gasteiger partial charge in [-0.05, 0) is 30.5 Å². The first kappa shape index (κ1) is 21.0. The Labute approximate surface area is 191 Å². The Morgan fingerprint density at radius 3 is 2.53 bits per heavy atom. The summed E-state index contributed by atoms with van der Waals surface area (Å²) in [5.74, 6) is -2.25. The number of anilines is 2. The lowest BCUT2D eigenvalue weighted by Crippen LogP contribution is -2.54. The lowest BCUT2D eigenvalue weighted by atomic mass is 9.76.